The molecule has 0 radical (unpaired) electrons. The van der Waals surface area contributed by atoms with Crippen LogP contribution in [0.3, 0.4) is 0 Å². The number of aromatic hydroxyl groups is 2. The monoisotopic (exact) mass is 776 g/mol. The molecular weight excluding hydrogens is 718 g/mol. The molecule has 1 aliphatic carbocycles. The van der Waals surface area contributed by atoms with E-state index in [1.807, 2.05) is 132 Å². The van der Waals surface area contributed by atoms with E-state index in [0.29, 0.717) is 44.5 Å². The van der Waals surface area contributed by atoms with Gasteiger partial charge in [-0.1, -0.05) is 132 Å². The summed E-state index contributed by atoms with van der Waals surface area (Å²) in [5, 5.41) is 23.9. The van der Waals surface area contributed by atoms with E-state index in [9.17, 15) is 38.9 Å². The van der Waals surface area contributed by atoms with Gasteiger partial charge in [0.15, 0.2) is 0 Å². The Morgan fingerprint density at radius 3 is 0.685 bits per heavy atom. The first-order valence-electron chi connectivity index (χ1n) is 18.5. The Bertz CT molecular complexity index is 1970. The Labute approximate surface area is 321 Å². The molecule has 10 heteroatoms. The van der Waals surface area contributed by atoms with Crippen molar-refractivity contribution in [2.45, 2.75) is 130 Å². The molecule has 0 aliphatic heterocycles. The lowest BCUT2D eigenvalue weighted by atomic mass is 9.79. The van der Waals surface area contributed by atoms with Gasteiger partial charge in [0.1, 0.15) is 11.5 Å². The van der Waals surface area contributed by atoms with Crippen molar-refractivity contribution in [3.05, 3.63) is 115 Å². The fraction of sp³-hybridized carbons (Fsp3) is 0.455. The van der Waals surface area contributed by atoms with Gasteiger partial charge in [-0.3, -0.25) is 9.13 Å². The van der Waals surface area contributed by atoms with E-state index in [1.54, 1.807) is 0 Å². The molecule has 0 spiro atoms. The SMILES string of the molecule is CC(C)(C)c1cc2c(O)c(c1)Cc1cc(C(C)(C)C)cc(c1P(=O)(O)O)Cc1cc(C(C)(C)C)cc(c1O)Cc1cc(C(C)(C)C)cc(c1P(=O)(O)O)C2. The first-order valence-corrected chi connectivity index (χ1v) is 21.7. The Balaban J connectivity index is 2.02. The highest BCUT2D eigenvalue weighted by Crippen LogP contribution is 2.45. The van der Waals surface area contributed by atoms with E-state index < -0.39 is 36.9 Å². The Morgan fingerprint density at radius 1 is 0.370 bits per heavy atom. The number of rotatable bonds is 2. The lowest BCUT2D eigenvalue weighted by Gasteiger charge is -2.28. The van der Waals surface area contributed by atoms with E-state index in [-0.39, 0.29) is 47.8 Å². The third-order valence-electron chi connectivity index (χ3n) is 10.6. The van der Waals surface area contributed by atoms with Crippen LogP contribution in [0.2, 0.25) is 0 Å². The van der Waals surface area contributed by atoms with Crippen LogP contribution in [0.5, 0.6) is 11.5 Å². The molecule has 0 aromatic heterocycles. The van der Waals surface area contributed by atoms with Crippen molar-refractivity contribution >= 4 is 25.8 Å². The summed E-state index contributed by atoms with van der Waals surface area (Å²) in [6.07, 6.45) is -0.0635. The predicted molar refractivity (Wildman–Crippen MR) is 218 cm³/mol. The highest BCUT2D eigenvalue weighted by Gasteiger charge is 2.34. The van der Waals surface area contributed by atoms with Gasteiger partial charge in [-0.15, -0.1) is 0 Å². The zero-order chi connectivity index (χ0) is 40.7. The molecule has 0 amide bonds. The quantitative estimate of drug-likeness (QED) is 0.0975. The molecule has 4 aromatic carbocycles. The molecule has 0 atom stereocenters. The van der Waals surface area contributed by atoms with Gasteiger partial charge < -0.3 is 29.8 Å². The molecular formula is C44H58O8P2. The number of hydrogen-bond acceptors (Lipinski definition) is 4. The second-order valence-corrected chi connectivity index (χ2v) is 22.4. The molecule has 0 heterocycles. The maximum atomic E-state index is 13.6. The Morgan fingerprint density at radius 2 is 0.537 bits per heavy atom. The standard InChI is InChI=1S/C44H58O8P2/c1-41(2,3)33-17-25-13-29-21-35(43(7,8)9)23-31(39(29)53(47,48)49)15-27-19-34(42(4,5)6)20-28(38(27)46)16-32-24-36(44(10,11)12)22-30(40(32)54(50,51)52)14-26(18-33)37(25)45/h17-24,45-46H,13-16H2,1-12H3,(H2,47,48,49)(H2,50,51,52). The van der Waals surface area contributed by atoms with Gasteiger partial charge in [-0.2, -0.15) is 0 Å². The van der Waals surface area contributed by atoms with Crippen molar-refractivity contribution in [2.75, 3.05) is 0 Å². The molecule has 4 aromatic rings. The first kappa shape index (κ1) is 41.9. The van der Waals surface area contributed by atoms with Crippen LogP contribution in [-0.2, 0) is 56.5 Å². The molecule has 0 unspecified atom stereocenters. The number of fused-ring (bicyclic) bond motifs is 8. The average Bonchev–Trinajstić information content (AvgIpc) is 2.97. The van der Waals surface area contributed by atoms with Crippen LogP contribution in [0.4, 0.5) is 0 Å². The number of phenols is 2. The molecule has 0 saturated carbocycles. The average molecular weight is 777 g/mol. The summed E-state index contributed by atoms with van der Waals surface area (Å²) in [4.78, 5) is 44.2. The van der Waals surface area contributed by atoms with Crippen LogP contribution >= 0.6 is 15.2 Å². The van der Waals surface area contributed by atoms with Gasteiger partial charge in [-0.05, 0) is 88.4 Å². The number of phenolic OH excluding ortho intramolecular Hbond substituents is 2. The van der Waals surface area contributed by atoms with Crippen molar-refractivity contribution in [3.63, 3.8) is 0 Å². The van der Waals surface area contributed by atoms with Gasteiger partial charge in [0.25, 0.3) is 0 Å². The molecule has 8 bridgehead atoms. The van der Waals surface area contributed by atoms with Gasteiger partial charge in [0.2, 0.25) is 0 Å². The molecule has 1 aliphatic rings. The second kappa shape index (κ2) is 13.8. The lowest BCUT2D eigenvalue weighted by molar-refractivity contribution is 0.384. The van der Waals surface area contributed by atoms with Gasteiger partial charge in [0, 0.05) is 25.7 Å². The maximum absolute atomic E-state index is 13.6. The minimum absolute atomic E-state index is 0.0159. The minimum Gasteiger partial charge on any atom is -0.507 e. The van der Waals surface area contributed by atoms with E-state index in [0.717, 1.165) is 22.3 Å². The zero-order valence-electron chi connectivity index (χ0n) is 33.8. The predicted octanol–water partition coefficient (Wildman–Crippen LogP) is 8.57. The van der Waals surface area contributed by atoms with Crippen LogP contribution in [0.1, 0.15) is 150 Å². The van der Waals surface area contributed by atoms with Crippen LogP contribution < -0.4 is 10.6 Å². The van der Waals surface area contributed by atoms with Crippen molar-refractivity contribution in [2.24, 2.45) is 0 Å². The fourth-order valence-corrected chi connectivity index (χ4v) is 9.49. The van der Waals surface area contributed by atoms with E-state index in [4.69, 9.17) is 0 Å². The van der Waals surface area contributed by atoms with Crippen molar-refractivity contribution in [3.8, 4) is 11.5 Å². The summed E-state index contributed by atoms with van der Waals surface area (Å²) in [5.74, 6) is -0.182. The minimum atomic E-state index is -4.93. The largest absolute Gasteiger partial charge is 0.507 e. The van der Waals surface area contributed by atoms with E-state index >= 15 is 0 Å². The topological polar surface area (TPSA) is 156 Å². The molecule has 0 saturated heterocycles. The van der Waals surface area contributed by atoms with Gasteiger partial charge in [-0.25, -0.2) is 0 Å². The summed E-state index contributed by atoms with van der Waals surface area (Å²) in [6, 6.07) is 14.7. The summed E-state index contributed by atoms with van der Waals surface area (Å²) < 4.78 is 27.2. The highest BCUT2D eigenvalue weighted by molar-refractivity contribution is 7.60. The summed E-state index contributed by atoms with van der Waals surface area (Å²) in [6.45, 7) is 24.4. The number of hydrogen-bond donors (Lipinski definition) is 6. The molecule has 5 rings (SSSR count). The third-order valence-corrected chi connectivity index (χ3v) is 13.0. The smallest absolute Gasteiger partial charge is 0.356 e. The summed E-state index contributed by atoms with van der Waals surface area (Å²) >= 11 is 0. The number of benzene rings is 4. The Kier molecular flexibility index (Phi) is 10.7. The molecule has 0 fully saturated rings. The van der Waals surface area contributed by atoms with Crippen LogP contribution in [0, 0.1) is 0 Å². The summed E-state index contributed by atoms with van der Waals surface area (Å²) in [5.41, 5.74) is 5.02. The summed E-state index contributed by atoms with van der Waals surface area (Å²) in [7, 11) is -9.86. The molecule has 8 nitrogen and oxygen atoms in total. The third kappa shape index (κ3) is 8.76. The molecule has 6 N–H and O–H groups in total. The van der Waals surface area contributed by atoms with Gasteiger partial charge >= 0.3 is 15.2 Å². The zero-order valence-corrected chi connectivity index (χ0v) is 35.6. The van der Waals surface area contributed by atoms with E-state index in [1.165, 1.54) is 0 Å². The van der Waals surface area contributed by atoms with Crippen molar-refractivity contribution in [1.82, 2.24) is 0 Å². The van der Waals surface area contributed by atoms with Crippen LogP contribution in [-0.4, -0.2) is 29.8 Å². The van der Waals surface area contributed by atoms with Crippen molar-refractivity contribution < 1.29 is 38.9 Å². The lowest BCUT2D eigenvalue weighted by Crippen LogP contribution is -2.24. The highest BCUT2D eigenvalue weighted by atomic mass is 31.2. The molecule has 292 valence electrons. The first-order chi connectivity index (χ1) is 24.4. The second-order valence-electron chi connectivity index (χ2n) is 19.4. The van der Waals surface area contributed by atoms with E-state index in [2.05, 4.69) is 0 Å². The fourth-order valence-electron chi connectivity index (χ4n) is 7.42. The maximum Gasteiger partial charge on any atom is 0.356 e. The van der Waals surface area contributed by atoms with Gasteiger partial charge in [0.05, 0.1) is 10.6 Å². The van der Waals surface area contributed by atoms with Crippen molar-refractivity contribution in [1.29, 1.82) is 0 Å². The van der Waals surface area contributed by atoms with Crippen LogP contribution in [0.15, 0.2) is 48.5 Å². The normalized spacial score (nSPS) is 14.7. The Hall–Kier alpha value is -3.22. The van der Waals surface area contributed by atoms with Crippen LogP contribution in [0.25, 0.3) is 0 Å². The molecule has 54 heavy (non-hydrogen) atoms.